The van der Waals surface area contributed by atoms with Gasteiger partial charge in [0.1, 0.15) is 0 Å². The van der Waals surface area contributed by atoms with Gasteiger partial charge in [0, 0.05) is 0 Å². The molecule has 0 saturated carbocycles. The molecule has 2 aromatic rings. The first-order valence-electron chi connectivity index (χ1n) is 8.15. The molecule has 0 fully saturated rings. The summed E-state index contributed by atoms with van der Waals surface area (Å²) in [4.78, 5) is 0. The van der Waals surface area contributed by atoms with Gasteiger partial charge in [0.2, 0.25) is 0 Å². The second kappa shape index (κ2) is 5.89. The molecule has 0 saturated heterocycles. The standard InChI is InChI=1S/C21H24/c1-4-15(3)19-13-18-12-11-16(5-2)21(20(18)14-19)17-9-7-6-8-10-17/h6-12,14-15H,4-5,13H2,1-3H3. The Labute approximate surface area is 128 Å². The average Bonchev–Trinajstić information content (AvgIpc) is 2.97. The van der Waals surface area contributed by atoms with Gasteiger partial charge in [0.05, 0.1) is 0 Å². The third-order valence-electron chi connectivity index (χ3n) is 4.84. The van der Waals surface area contributed by atoms with E-state index >= 15 is 0 Å². The van der Waals surface area contributed by atoms with Crippen molar-refractivity contribution in [1.29, 1.82) is 0 Å². The molecule has 2 aromatic carbocycles. The fourth-order valence-corrected chi connectivity index (χ4v) is 3.30. The monoisotopic (exact) mass is 276 g/mol. The van der Waals surface area contributed by atoms with Crippen molar-refractivity contribution in [3.63, 3.8) is 0 Å². The Morgan fingerprint density at radius 3 is 2.43 bits per heavy atom. The highest BCUT2D eigenvalue weighted by Gasteiger charge is 2.21. The maximum atomic E-state index is 2.46. The van der Waals surface area contributed by atoms with Crippen LogP contribution in [0.25, 0.3) is 17.2 Å². The van der Waals surface area contributed by atoms with E-state index in [9.17, 15) is 0 Å². The number of benzene rings is 2. The van der Waals surface area contributed by atoms with Gasteiger partial charge in [-0.25, -0.2) is 0 Å². The van der Waals surface area contributed by atoms with Crippen molar-refractivity contribution in [3.05, 3.63) is 64.7 Å². The van der Waals surface area contributed by atoms with E-state index in [4.69, 9.17) is 0 Å². The topological polar surface area (TPSA) is 0 Å². The summed E-state index contributed by atoms with van der Waals surface area (Å²) in [6, 6.07) is 15.5. The van der Waals surface area contributed by atoms with Crippen molar-refractivity contribution in [1.82, 2.24) is 0 Å². The minimum Gasteiger partial charge on any atom is -0.0648 e. The van der Waals surface area contributed by atoms with Crippen molar-refractivity contribution in [2.75, 3.05) is 0 Å². The van der Waals surface area contributed by atoms with E-state index in [0.717, 1.165) is 12.8 Å². The number of fused-ring (bicyclic) bond motifs is 1. The Balaban J connectivity index is 2.16. The Bertz CT molecular complexity index is 662. The molecule has 0 spiro atoms. The molecule has 0 heteroatoms. The third kappa shape index (κ3) is 2.55. The van der Waals surface area contributed by atoms with E-state index in [0.29, 0.717) is 5.92 Å². The summed E-state index contributed by atoms with van der Waals surface area (Å²) in [6.45, 7) is 6.88. The van der Waals surface area contributed by atoms with Crippen LogP contribution < -0.4 is 0 Å². The molecule has 1 atom stereocenters. The van der Waals surface area contributed by atoms with Crippen LogP contribution in [0.4, 0.5) is 0 Å². The predicted molar refractivity (Wildman–Crippen MR) is 92.4 cm³/mol. The lowest BCUT2D eigenvalue weighted by Crippen LogP contribution is -1.97. The van der Waals surface area contributed by atoms with E-state index in [1.54, 1.807) is 5.57 Å². The van der Waals surface area contributed by atoms with Crippen LogP contribution in [0.5, 0.6) is 0 Å². The molecule has 0 radical (unpaired) electrons. The molecule has 0 heterocycles. The fourth-order valence-electron chi connectivity index (χ4n) is 3.30. The fraction of sp³-hybridized carbons (Fsp3) is 0.333. The van der Waals surface area contributed by atoms with Gasteiger partial charge < -0.3 is 0 Å². The third-order valence-corrected chi connectivity index (χ3v) is 4.84. The number of allylic oxidation sites excluding steroid dienone is 1. The number of hydrogen-bond donors (Lipinski definition) is 0. The molecule has 0 bridgehead atoms. The molecule has 1 aliphatic carbocycles. The van der Waals surface area contributed by atoms with Gasteiger partial charge in [-0.15, -0.1) is 0 Å². The summed E-state index contributed by atoms with van der Waals surface area (Å²) in [5, 5.41) is 0. The van der Waals surface area contributed by atoms with Crippen LogP contribution in [-0.4, -0.2) is 0 Å². The van der Waals surface area contributed by atoms with Gasteiger partial charge in [-0.1, -0.05) is 74.9 Å². The van der Waals surface area contributed by atoms with Crippen LogP contribution in [0.3, 0.4) is 0 Å². The molecule has 0 aliphatic heterocycles. The zero-order chi connectivity index (χ0) is 14.8. The Kier molecular flexibility index (Phi) is 3.96. The first-order chi connectivity index (χ1) is 10.2. The summed E-state index contributed by atoms with van der Waals surface area (Å²) in [7, 11) is 0. The van der Waals surface area contributed by atoms with E-state index in [-0.39, 0.29) is 0 Å². The second-order valence-corrected chi connectivity index (χ2v) is 6.10. The molecule has 0 amide bonds. The molecule has 0 aromatic heterocycles. The summed E-state index contributed by atoms with van der Waals surface area (Å²) in [5.74, 6) is 0.686. The highest BCUT2D eigenvalue weighted by atomic mass is 14.3. The minimum absolute atomic E-state index is 0.686. The van der Waals surface area contributed by atoms with Gasteiger partial charge in [0.25, 0.3) is 0 Å². The summed E-state index contributed by atoms with van der Waals surface area (Å²) in [6.07, 6.45) is 5.91. The SMILES string of the molecule is CCc1ccc2c(c1-c1ccccc1)C=C(C(C)CC)C2. The maximum Gasteiger partial charge on any atom is -0.00549 e. The number of hydrogen-bond acceptors (Lipinski definition) is 0. The van der Waals surface area contributed by atoms with Crippen LogP contribution in [0, 0.1) is 5.92 Å². The van der Waals surface area contributed by atoms with E-state index in [1.165, 1.54) is 34.2 Å². The first kappa shape index (κ1) is 14.1. The van der Waals surface area contributed by atoms with Crippen molar-refractivity contribution in [2.45, 2.75) is 40.0 Å². The smallest absolute Gasteiger partial charge is 0.00549 e. The zero-order valence-electron chi connectivity index (χ0n) is 13.3. The largest absolute Gasteiger partial charge is 0.0648 e. The number of rotatable bonds is 4. The molecule has 1 aliphatic rings. The van der Waals surface area contributed by atoms with E-state index in [1.807, 2.05) is 0 Å². The first-order valence-corrected chi connectivity index (χ1v) is 8.15. The van der Waals surface area contributed by atoms with E-state index < -0.39 is 0 Å². The van der Waals surface area contributed by atoms with E-state index in [2.05, 4.69) is 69.3 Å². The van der Waals surface area contributed by atoms with Gasteiger partial charge in [0.15, 0.2) is 0 Å². The molecule has 0 N–H and O–H groups in total. The van der Waals surface area contributed by atoms with Crippen molar-refractivity contribution < 1.29 is 0 Å². The maximum absolute atomic E-state index is 2.46. The average molecular weight is 276 g/mol. The molecule has 3 rings (SSSR count). The van der Waals surface area contributed by atoms with Crippen LogP contribution in [0.1, 0.15) is 43.9 Å². The zero-order valence-corrected chi connectivity index (χ0v) is 13.3. The number of aryl methyl sites for hydroxylation is 1. The van der Waals surface area contributed by atoms with Crippen LogP contribution in [-0.2, 0) is 12.8 Å². The molecular weight excluding hydrogens is 252 g/mol. The van der Waals surface area contributed by atoms with Crippen molar-refractivity contribution >= 4 is 6.08 Å². The molecular formula is C21H24. The Morgan fingerprint density at radius 2 is 1.76 bits per heavy atom. The minimum atomic E-state index is 0.686. The highest BCUT2D eigenvalue weighted by molar-refractivity contribution is 5.83. The molecule has 0 nitrogen and oxygen atoms in total. The van der Waals surface area contributed by atoms with Gasteiger partial charge in [-0.2, -0.15) is 0 Å². The van der Waals surface area contributed by atoms with Crippen molar-refractivity contribution in [3.8, 4) is 11.1 Å². The molecule has 108 valence electrons. The van der Waals surface area contributed by atoms with Crippen LogP contribution in [0.15, 0.2) is 48.0 Å². The lowest BCUT2D eigenvalue weighted by atomic mass is 9.91. The highest BCUT2D eigenvalue weighted by Crippen LogP contribution is 2.39. The normalized spacial score (nSPS) is 14.7. The Hall–Kier alpha value is -1.82. The Morgan fingerprint density at radius 1 is 1.00 bits per heavy atom. The quantitative estimate of drug-likeness (QED) is 0.652. The summed E-state index contributed by atoms with van der Waals surface area (Å²) >= 11 is 0. The molecule has 1 unspecified atom stereocenters. The van der Waals surface area contributed by atoms with Gasteiger partial charge >= 0.3 is 0 Å². The summed E-state index contributed by atoms with van der Waals surface area (Å²) in [5.41, 5.74) is 8.83. The second-order valence-electron chi connectivity index (χ2n) is 6.10. The van der Waals surface area contributed by atoms with Gasteiger partial charge in [-0.3, -0.25) is 0 Å². The summed E-state index contributed by atoms with van der Waals surface area (Å²) < 4.78 is 0. The van der Waals surface area contributed by atoms with Crippen LogP contribution in [0.2, 0.25) is 0 Å². The predicted octanol–water partition coefficient (Wildman–Crippen LogP) is 5.90. The lowest BCUT2D eigenvalue weighted by molar-refractivity contribution is 0.647. The lowest BCUT2D eigenvalue weighted by Gasteiger charge is -2.13. The molecule has 21 heavy (non-hydrogen) atoms. The van der Waals surface area contributed by atoms with Gasteiger partial charge in [-0.05, 0) is 53.0 Å². The van der Waals surface area contributed by atoms with Crippen molar-refractivity contribution in [2.24, 2.45) is 5.92 Å². The van der Waals surface area contributed by atoms with Crippen LogP contribution >= 0.6 is 0 Å².